The average molecular weight is 396 g/mol. The fourth-order valence-electron chi connectivity index (χ4n) is 2.72. The van der Waals surface area contributed by atoms with Crippen LogP contribution in [0, 0.1) is 6.92 Å². The van der Waals surface area contributed by atoms with E-state index in [1.54, 1.807) is 18.2 Å². The third-order valence-electron chi connectivity index (χ3n) is 3.93. The van der Waals surface area contributed by atoms with Crippen molar-refractivity contribution < 1.29 is 21.6 Å². The molecule has 0 spiro atoms. The molecule has 140 valence electrons. The predicted molar refractivity (Wildman–Crippen MR) is 102 cm³/mol. The molecule has 0 saturated carbocycles. The van der Waals surface area contributed by atoms with Crippen molar-refractivity contribution in [2.75, 3.05) is 28.4 Å². The molecule has 0 atom stereocenters. The van der Waals surface area contributed by atoms with Gasteiger partial charge >= 0.3 is 0 Å². The summed E-state index contributed by atoms with van der Waals surface area (Å²) in [6, 6.07) is 11.8. The molecule has 2 aromatic rings. The summed E-state index contributed by atoms with van der Waals surface area (Å²) in [7, 11) is -7.02. The van der Waals surface area contributed by atoms with Crippen LogP contribution in [0.2, 0.25) is 0 Å². The molecule has 2 aromatic carbocycles. The monoisotopic (exact) mass is 396 g/mol. The second-order valence-corrected chi connectivity index (χ2v) is 9.84. The third kappa shape index (κ3) is 4.28. The lowest BCUT2D eigenvalue weighted by Gasteiger charge is -2.29. The molecule has 7 nitrogen and oxygen atoms in total. The van der Waals surface area contributed by atoms with E-state index in [9.17, 15) is 16.8 Å². The van der Waals surface area contributed by atoms with Gasteiger partial charge in [0, 0.05) is 6.07 Å². The van der Waals surface area contributed by atoms with Crippen molar-refractivity contribution in [3.63, 3.8) is 0 Å². The van der Waals surface area contributed by atoms with Crippen LogP contribution in [0.4, 0.5) is 11.4 Å². The van der Waals surface area contributed by atoms with Gasteiger partial charge in [0.15, 0.2) is 0 Å². The van der Waals surface area contributed by atoms with Gasteiger partial charge < -0.3 is 4.74 Å². The zero-order chi connectivity index (χ0) is 18.9. The number of hydrogen-bond donors (Lipinski definition) is 1. The third-order valence-corrected chi connectivity index (χ3v) is 6.37. The van der Waals surface area contributed by atoms with Gasteiger partial charge in [-0.05, 0) is 24.6 Å². The fourth-order valence-corrected chi connectivity index (χ4v) is 4.83. The number of ether oxygens (including phenoxy) is 1. The van der Waals surface area contributed by atoms with Gasteiger partial charge in [0.1, 0.15) is 12.4 Å². The highest BCUT2D eigenvalue weighted by Crippen LogP contribution is 2.35. The first kappa shape index (κ1) is 18.5. The van der Waals surface area contributed by atoms with E-state index in [0.29, 0.717) is 22.7 Å². The lowest BCUT2D eigenvalue weighted by atomic mass is 10.2. The highest BCUT2D eigenvalue weighted by molar-refractivity contribution is 7.92. The lowest BCUT2D eigenvalue weighted by Crippen LogP contribution is -2.37. The minimum atomic E-state index is -3.61. The Morgan fingerprint density at radius 1 is 1.08 bits per heavy atom. The van der Waals surface area contributed by atoms with Gasteiger partial charge in [-0.25, -0.2) is 16.8 Å². The summed E-state index contributed by atoms with van der Waals surface area (Å²) in [5.41, 5.74) is 2.47. The highest BCUT2D eigenvalue weighted by atomic mass is 32.2. The smallest absolute Gasteiger partial charge is 0.236 e. The van der Waals surface area contributed by atoms with Crippen molar-refractivity contribution in [2.45, 2.75) is 12.7 Å². The number of rotatable bonds is 5. The van der Waals surface area contributed by atoms with Crippen LogP contribution in [0.1, 0.15) is 11.1 Å². The molecule has 1 aliphatic heterocycles. The van der Waals surface area contributed by atoms with Gasteiger partial charge in [-0.15, -0.1) is 0 Å². The fraction of sp³-hybridized carbons (Fsp3) is 0.294. The number of nitrogens with zero attached hydrogens (tertiary/aromatic N) is 1. The van der Waals surface area contributed by atoms with E-state index in [4.69, 9.17) is 4.74 Å². The Kier molecular flexibility index (Phi) is 4.85. The zero-order valence-corrected chi connectivity index (χ0v) is 16.1. The summed E-state index contributed by atoms with van der Waals surface area (Å²) in [6.45, 7) is 2.37. The van der Waals surface area contributed by atoms with E-state index in [1.807, 2.05) is 19.1 Å². The molecule has 0 aliphatic carbocycles. The van der Waals surface area contributed by atoms with Crippen molar-refractivity contribution in [2.24, 2.45) is 0 Å². The van der Waals surface area contributed by atoms with Crippen molar-refractivity contribution in [3.05, 3.63) is 53.6 Å². The molecule has 0 fully saturated rings. The summed E-state index contributed by atoms with van der Waals surface area (Å²) >= 11 is 0. The maximum absolute atomic E-state index is 12.4. The average Bonchev–Trinajstić information content (AvgIpc) is 2.54. The predicted octanol–water partition coefficient (Wildman–Crippen LogP) is 2.10. The summed E-state index contributed by atoms with van der Waals surface area (Å²) in [6.07, 6.45) is 1.13. The Hall–Kier alpha value is -2.26. The van der Waals surface area contributed by atoms with Crippen molar-refractivity contribution in [3.8, 4) is 5.75 Å². The number of nitrogens with one attached hydrogen (secondary N) is 1. The van der Waals surface area contributed by atoms with Gasteiger partial charge in [-0.2, -0.15) is 0 Å². The molecule has 9 heteroatoms. The van der Waals surface area contributed by atoms with Crippen LogP contribution in [-0.2, 0) is 25.8 Å². The van der Waals surface area contributed by atoms with E-state index < -0.39 is 20.0 Å². The first-order valence-corrected chi connectivity index (χ1v) is 11.4. The van der Waals surface area contributed by atoms with Crippen LogP contribution >= 0.6 is 0 Å². The minimum Gasteiger partial charge on any atom is -0.489 e. The minimum absolute atomic E-state index is 0.152. The molecule has 0 bridgehead atoms. The molecular formula is C17H20N2O5S2. The maximum atomic E-state index is 12.4. The maximum Gasteiger partial charge on any atom is 0.236 e. The number of hydrogen-bond acceptors (Lipinski definition) is 5. The number of sulfonamides is 2. The second kappa shape index (κ2) is 6.81. The zero-order valence-electron chi connectivity index (χ0n) is 14.5. The summed E-state index contributed by atoms with van der Waals surface area (Å²) < 4.78 is 57.7. The van der Waals surface area contributed by atoms with Crippen LogP contribution in [0.5, 0.6) is 5.75 Å². The van der Waals surface area contributed by atoms with Gasteiger partial charge in [0.05, 0.1) is 29.9 Å². The van der Waals surface area contributed by atoms with E-state index in [1.165, 1.54) is 16.4 Å². The molecule has 1 heterocycles. The highest BCUT2D eigenvalue weighted by Gasteiger charge is 2.25. The normalized spacial score (nSPS) is 14.5. The number of benzene rings is 2. The molecule has 0 saturated heterocycles. The standard InChI is InChI=1S/C17H20N2O5S2/c1-13-3-5-14(6-4-13)12-26(22,23)18-15-7-8-16-17(11-15)24-10-9-19(16)25(2,20)21/h3-8,11,18H,9-10,12H2,1-2H3. The summed E-state index contributed by atoms with van der Waals surface area (Å²) in [5, 5.41) is 0. The Bertz CT molecular complexity index is 1020. The topological polar surface area (TPSA) is 92.8 Å². The van der Waals surface area contributed by atoms with Gasteiger partial charge in [-0.1, -0.05) is 29.8 Å². The lowest BCUT2D eigenvalue weighted by molar-refractivity contribution is 0.316. The number of fused-ring (bicyclic) bond motifs is 1. The van der Waals surface area contributed by atoms with Crippen LogP contribution in [0.25, 0.3) is 0 Å². The quantitative estimate of drug-likeness (QED) is 0.835. The van der Waals surface area contributed by atoms with Gasteiger partial charge in [0.2, 0.25) is 20.0 Å². The van der Waals surface area contributed by atoms with Crippen LogP contribution in [0.15, 0.2) is 42.5 Å². The molecule has 0 unspecified atom stereocenters. The van der Waals surface area contributed by atoms with E-state index >= 15 is 0 Å². The van der Waals surface area contributed by atoms with E-state index in [2.05, 4.69) is 4.72 Å². The van der Waals surface area contributed by atoms with Crippen molar-refractivity contribution in [1.29, 1.82) is 0 Å². The molecule has 0 radical (unpaired) electrons. The Morgan fingerprint density at radius 3 is 2.42 bits per heavy atom. The molecule has 3 rings (SSSR count). The van der Waals surface area contributed by atoms with Gasteiger partial charge in [-0.3, -0.25) is 9.03 Å². The molecule has 26 heavy (non-hydrogen) atoms. The van der Waals surface area contributed by atoms with Crippen LogP contribution < -0.4 is 13.8 Å². The second-order valence-electron chi connectivity index (χ2n) is 6.21. The summed E-state index contributed by atoms with van der Waals surface area (Å²) in [5.74, 6) is 0.179. The Morgan fingerprint density at radius 2 is 1.77 bits per heavy atom. The van der Waals surface area contributed by atoms with E-state index in [-0.39, 0.29) is 18.9 Å². The molecular weight excluding hydrogens is 376 g/mol. The van der Waals surface area contributed by atoms with E-state index in [0.717, 1.165) is 11.8 Å². The molecule has 1 N–H and O–H groups in total. The first-order valence-electron chi connectivity index (χ1n) is 7.95. The van der Waals surface area contributed by atoms with Crippen LogP contribution in [-0.4, -0.2) is 36.2 Å². The Balaban J connectivity index is 1.81. The summed E-state index contributed by atoms with van der Waals surface area (Å²) in [4.78, 5) is 0. The van der Waals surface area contributed by atoms with Crippen LogP contribution in [0.3, 0.4) is 0 Å². The molecule has 0 aromatic heterocycles. The van der Waals surface area contributed by atoms with Crippen molar-refractivity contribution in [1.82, 2.24) is 0 Å². The Labute approximate surface area is 153 Å². The molecule has 0 amide bonds. The van der Waals surface area contributed by atoms with Gasteiger partial charge in [0.25, 0.3) is 0 Å². The SMILES string of the molecule is Cc1ccc(CS(=O)(=O)Nc2ccc3c(c2)OCCN3S(C)(=O)=O)cc1. The number of anilines is 2. The van der Waals surface area contributed by atoms with Crippen molar-refractivity contribution >= 4 is 31.4 Å². The first-order chi connectivity index (χ1) is 12.1. The number of aryl methyl sites for hydroxylation is 1. The molecule has 1 aliphatic rings. The largest absolute Gasteiger partial charge is 0.489 e.